The smallest absolute Gasteiger partial charge is 0.290 e. The number of nitrogens with one attached hydrogen (secondary N) is 1. The molecule has 1 fully saturated rings. The van der Waals surface area contributed by atoms with Crippen LogP contribution >= 0.6 is 0 Å². The molecule has 3 amide bonds. The number of aryl methyl sites for hydroxylation is 1. The molecule has 29 heavy (non-hydrogen) atoms. The van der Waals surface area contributed by atoms with E-state index in [2.05, 4.69) is 10.3 Å². The highest BCUT2D eigenvalue weighted by Crippen LogP contribution is 2.19. The number of benzene rings is 1. The number of hydrogen-bond donors (Lipinski definition) is 1. The van der Waals surface area contributed by atoms with E-state index in [1.165, 1.54) is 0 Å². The standard InChI is InChI=1S/C21H21N5O3/c1-15-6-2-3-7-16(15)22-20(28)18-17-8-4-5-9-26(17)19(23-18)21(29)25-12-10-24(14-27)11-13-25/h2-9,14H,10-13H2,1H3,(H,22,28). The van der Waals surface area contributed by atoms with Crippen LogP contribution in [-0.4, -0.2) is 63.6 Å². The number of carbonyl (C=O) groups excluding carboxylic acids is 3. The van der Waals surface area contributed by atoms with Crippen LogP contribution in [0.1, 0.15) is 26.7 Å². The second-order valence-electron chi connectivity index (χ2n) is 6.94. The first-order valence-electron chi connectivity index (χ1n) is 9.41. The van der Waals surface area contributed by atoms with Crippen molar-refractivity contribution in [3.8, 4) is 0 Å². The zero-order valence-electron chi connectivity index (χ0n) is 16.0. The van der Waals surface area contributed by atoms with Crippen molar-refractivity contribution in [3.63, 3.8) is 0 Å². The lowest BCUT2D eigenvalue weighted by molar-refractivity contribution is -0.119. The van der Waals surface area contributed by atoms with Crippen LogP contribution in [0.5, 0.6) is 0 Å². The average molecular weight is 391 g/mol. The number of amides is 3. The third kappa shape index (κ3) is 3.56. The first-order chi connectivity index (χ1) is 14.1. The van der Waals surface area contributed by atoms with Crippen LogP contribution in [0.2, 0.25) is 0 Å². The average Bonchev–Trinajstić information content (AvgIpc) is 3.15. The van der Waals surface area contributed by atoms with Crippen molar-refractivity contribution in [2.45, 2.75) is 6.92 Å². The van der Waals surface area contributed by atoms with Crippen molar-refractivity contribution in [2.75, 3.05) is 31.5 Å². The van der Waals surface area contributed by atoms with E-state index in [0.29, 0.717) is 37.4 Å². The molecular formula is C21H21N5O3. The van der Waals surface area contributed by atoms with Crippen molar-refractivity contribution in [1.82, 2.24) is 19.2 Å². The predicted octanol–water partition coefficient (Wildman–Crippen LogP) is 1.81. The molecule has 1 saturated heterocycles. The number of pyridine rings is 1. The number of fused-ring (bicyclic) bond motifs is 1. The van der Waals surface area contributed by atoms with Gasteiger partial charge in [0.1, 0.15) is 0 Å². The number of nitrogens with zero attached hydrogens (tertiary/aromatic N) is 4. The molecule has 3 heterocycles. The van der Waals surface area contributed by atoms with Crippen molar-refractivity contribution in [1.29, 1.82) is 0 Å². The lowest BCUT2D eigenvalue weighted by Crippen LogP contribution is -2.48. The lowest BCUT2D eigenvalue weighted by Gasteiger charge is -2.32. The summed E-state index contributed by atoms with van der Waals surface area (Å²) in [5, 5.41) is 2.88. The largest absolute Gasteiger partial charge is 0.342 e. The highest BCUT2D eigenvalue weighted by atomic mass is 16.2. The van der Waals surface area contributed by atoms with E-state index in [0.717, 1.165) is 12.0 Å². The molecule has 0 radical (unpaired) electrons. The number of aromatic nitrogens is 2. The van der Waals surface area contributed by atoms with Crippen LogP contribution in [0.25, 0.3) is 5.52 Å². The predicted molar refractivity (Wildman–Crippen MR) is 108 cm³/mol. The summed E-state index contributed by atoms with van der Waals surface area (Å²) < 4.78 is 1.64. The molecule has 0 bridgehead atoms. The number of anilines is 1. The van der Waals surface area contributed by atoms with Gasteiger partial charge in [0.15, 0.2) is 5.69 Å². The first kappa shape index (κ1) is 18.7. The molecule has 0 atom stereocenters. The number of imidazole rings is 1. The Morgan fingerprint density at radius 2 is 1.76 bits per heavy atom. The summed E-state index contributed by atoms with van der Waals surface area (Å²) in [7, 11) is 0. The number of piperazine rings is 1. The van der Waals surface area contributed by atoms with Gasteiger partial charge in [-0.3, -0.25) is 18.8 Å². The highest BCUT2D eigenvalue weighted by Gasteiger charge is 2.27. The van der Waals surface area contributed by atoms with E-state index in [1.54, 1.807) is 38.6 Å². The van der Waals surface area contributed by atoms with Gasteiger partial charge in [0, 0.05) is 38.1 Å². The lowest BCUT2D eigenvalue weighted by atomic mass is 10.2. The van der Waals surface area contributed by atoms with E-state index >= 15 is 0 Å². The molecule has 0 spiro atoms. The molecule has 8 heteroatoms. The van der Waals surface area contributed by atoms with Gasteiger partial charge in [-0.15, -0.1) is 0 Å². The zero-order chi connectivity index (χ0) is 20.4. The van der Waals surface area contributed by atoms with Crippen LogP contribution in [0.15, 0.2) is 48.7 Å². The maximum absolute atomic E-state index is 13.1. The number of rotatable bonds is 4. The van der Waals surface area contributed by atoms with Crippen LogP contribution in [-0.2, 0) is 4.79 Å². The second kappa shape index (κ2) is 7.75. The molecule has 0 unspecified atom stereocenters. The van der Waals surface area contributed by atoms with E-state index in [4.69, 9.17) is 0 Å². The molecule has 1 aliphatic rings. The molecule has 3 aromatic rings. The Morgan fingerprint density at radius 1 is 1.03 bits per heavy atom. The van der Waals surface area contributed by atoms with E-state index in [-0.39, 0.29) is 23.3 Å². The minimum absolute atomic E-state index is 0.190. The van der Waals surface area contributed by atoms with Crippen molar-refractivity contribution in [3.05, 3.63) is 65.7 Å². The van der Waals surface area contributed by atoms with Gasteiger partial charge in [-0.25, -0.2) is 4.98 Å². The monoisotopic (exact) mass is 391 g/mol. The second-order valence-corrected chi connectivity index (χ2v) is 6.94. The highest BCUT2D eigenvalue weighted by molar-refractivity contribution is 6.09. The molecule has 4 rings (SSSR count). The molecule has 8 nitrogen and oxygen atoms in total. The van der Waals surface area contributed by atoms with Crippen LogP contribution in [0.4, 0.5) is 5.69 Å². The number of para-hydroxylation sites is 1. The van der Waals surface area contributed by atoms with Gasteiger partial charge in [0.25, 0.3) is 11.8 Å². The molecule has 0 saturated carbocycles. The van der Waals surface area contributed by atoms with Crippen molar-refractivity contribution in [2.24, 2.45) is 0 Å². The van der Waals surface area contributed by atoms with Crippen LogP contribution < -0.4 is 5.32 Å². The molecule has 148 valence electrons. The summed E-state index contributed by atoms with van der Waals surface area (Å²) >= 11 is 0. The minimum atomic E-state index is -0.368. The fourth-order valence-corrected chi connectivity index (χ4v) is 3.42. The molecule has 1 N–H and O–H groups in total. The summed E-state index contributed by atoms with van der Waals surface area (Å²) in [6.45, 7) is 3.75. The SMILES string of the molecule is Cc1ccccc1NC(=O)c1nc(C(=O)N2CCN(C=O)CC2)n2ccccc12. The van der Waals surface area contributed by atoms with Gasteiger partial charge in [-0.1, -0.05) is 24.3 Å². The van der Waals surface area contributed by atoms with Crippen molar-refractivity contribution >= 4 is 29.4 Å². The van der Waals surface area contributed by atoms with E-state index < -0.39 is 0 Å². The Kier molecular flexibility index (Phi) is 4.99. The van der Waals surface area contributed by atoms with Gasteiger partial charge in [0.2, 0.25) is 12.2 Å². The fourth-order valence-electron chi connectivity index (χ4n) is 3.42. The minimum Gasteiger partial charge on any atom is -0.342 e. The molecule has 0 aliphatic carbocycles. The third-order valence-corrected chi connectivity index (χ3v) is 5.10. The Balaban J connectivity index is 1.65. The topological polar surface area (TPSA) is 87.0 Å². The summed E-state index contributed by atoms with van der Waals surface area (Å²) in [6, 6.07) is 12.8. The molecule has 1 aromatic carbocycles. The Bertz CT molecular complexity index is 1080. The normalized spacial score (nSPS) is 14.1. The maximum atomic E-state index is 13.1. The van der Waals surface area contributed by atoms with E-state index in [9.17, 15) is 14.4 Å². The van der Waals surface area contributed by atoms with E-state index in [1.807, 2.05) is 31.2 Å². The summed E-state index contributed by atoms with van der Waals surface area (Å²) in [6.07, 6.45) is 2.52. The number of hydrogen-bond acceptors (Lipinski definition) is 4. The fraction of sp³-hybridized carbons (Fsp3) is 0.238. The van der Waals surface area contributed by atoms with Gasteiger partial charge >= 0.3 is 0 Å². The maximum Gasteiger partial charge on any atom is 0.290 e. The quantitative estimate of drug-likeness (QED) is 0.687. The summed E-state index contributed by atoms with van der Waals surface area (Å²) in [5.41, 5.74) is 2.40. The third-order valence-electron chi connectivity index (χ3n) is 5.10. The Hall–Kier alpha value is -3.68. The Morgan fingerprint density at radius 3 is 2.48 bits per heavy atom. The Labute approximate surface area is 167 Å². The van der Waals surface area contributed by atoms with Gasteiger partial charge in [-0.05, 0) is 30.7 Å². The number of carbonyl (C=O) groups is 3. The van der Waals surface area contributed by atoms with Crippen LogP contribution in [0, 0.1) is 6.92 Å². The summed E-state index contributed by atoms with van der Waals surface area (Å²) in [4.78, 5) is 44.6. The van der Waals surface area contributed by atoms with Gasteiger partial charge < -0.3 is 15.1 Å². The van der Waals surface area contributed by atoms with Gasteiger partial charge in [0.05, 0.1) is 5.52 Å². The van der Waals surface area contributed by atoms with Crippen LogP contribution in [0.3, 0.4) is 0 Å². The molecular weight excluding hydrogens is 370 g/mol. The van der Waals surface area contributed by atoms with Gasteiger partial charge in [-0.2, -0.15) is 0 Å². The zero-order valence-corrected chi connectivity index (χ0v) is 16.0. The summed E-state index contributed by atoms with van der Waals surface area (Å²) in [5.74, 6) is -0.436. The van der Waals surface area contributed by atoms with Crippen molar-refractivity contribution < 1.29 is 14.4 Å². The molecule has 1 aliphatic heterocycles. The first-order valence-corrected chi connectivity index (χ1v) is 9.41. The molecule has 2 aromatic heterocycles.